The number of rotatable bonds is 10. The highest BCUT2D eigenvalue weighted by atomic mass is 16.5. The molecule has 0 bridgehead atoms. The number of nitrogens with one attached hydrogen (secondary N) is 1. The minimum Gasteiger partial charge on any atom is -0.494 e. The molecule has 2 nitrogen and oxygen atoms in total. The molecule has 1 rings (SSSR count). The maximum atomic E-state index is 5.52. The highest BCUT2D eigenvalue weighted by Gasteiger charge is 2.14. The Labute approximate surface area is 124 Å². The van der Waals surface area contributed by atoms with Crippen molar-refractivity contribution in [3.63, 3.8) is 0 Å². The lowest BCUT2D eigenvalue weighted by molar-refractivity contribution is 0.339. The van der Waals surface area contributed by atoms with E-state index in [4.69, 9.17) is 4.74 Å². The first-order chi connectivity index (χ1) is 9.71. The van der Waals surface area contributed by atoms with Crippen molar-refractivity contribution in [1.29, 1.82) is 0 Å². The molecule has 0 amide bonds. The van der Waals surface area contributed by atoms with E-state index in [9.17, 15) is 0 Å². The predicted molar refractivity (Wildman–Crippen MR) is 87.3 cm³/mol. The standard InChI is InChI=1S/C18H31NO/c1-5-8-15(4)14-18(19-13-6-2)16-9-11-17(12-10-16)20-7-3/h9-12,15,18-19H,5-8,13-14H2,1-4H3. The summed E-state index contributed by atoms with van der Waals surface area (Å²) in [7, 11) is 0. The first kappa shape index (κ1) is 17.0. The van der Waals surface area contributed by atoms with Crippen molar-refractivity contribution in [1.82, 2.24) is 5.32 Å². The first-order valence-corrected chi connectivity index (χ1v) is 8.17. The Morgan fingerprint density at radius 2 is 1.75 bits per heavy atom. The van der Waals surface area contributed by atoms with Crippen molar-refractivity contribution < 1.29 is 4.74 Å². The Balaban J connectivity index is 2.70. The minimum atomic E-state index is 0.465. The summed E-state index contributed by atoms with van der Waals surface area (Å²) in [6.45, 7) is 10.7. The SMILES string of the molecule is CCCNC(CC(C)CCC)c1ccc(OCC)cc1. The van der Waals surface area contributed by atoms with Crippen molar-refractivity contribution in [2.75, 3.05) is 13.2 Å². The summed E-state index contributed by atoms with van der Waals surface area (Å²) in [5.41, 5.74) is 1.38. The van der Waals surface area contributed by atoms with Crippen LogP contribution in [-0.4, -0.2) is 13.2 Å². The Morgan fingerprint density at radius 1 is 1.05 bits per heavy atom. The molecule has 2 atom stereocenters. The smallest absolute Gasteiger partial charge is 0.119 e. The van der Waals surface area contributed by atoms with Gasteiger partial charge in [0.25, 0.3) is 0 Å². The summed E-state index contributed by atoms with van der Waals surface area (Å²) < 4.78 is 5.52. The van der Waals surface area contributed by atoms with Gasteiger partial charge >= 0.3 is 0 Å². The van der Waals surface area contributed by atoms with Gasteiger partial charge in [-0.1, -0.05) is 45.7 Å². The van der Waals surface area contributed by atoms with Crippen LogP contribution in [0.2, 0.25) is 0 Å². The van der Waals surface area contributed by atoms with E-state index in [2.05, 4.69) is 50.4 Å². The fourth-order valence-electron chi connectivity index (χ4n) is 2.63. The largest absolute Gasteiger partial charge is 0.494 e. The molecule has 2 heteroatoms. The molecule has 0 aliphatic rings. The van der Waals surface area contributed by atoms with Crippen LogP contribution in [0.25, 0.3) is 0 Å². The van der Waals surface area contributed by atoms with Gasteiger partial charge in [0.15, 0.2) is 0 Å². The van der Waals surface area contributed by atoms with E-state index in [0.29, 0.717) is 6.04 Å². The van der Waals surface area contributed by atoms with Crippen molar-refractivity contribution >= 4 is 0 Å². The van der Waals surface area contributed by atoms with Crippen LogP contribution in [0.4, 0.5) is 0 Å². The van der Waals surface area contributed by atoms with E-state index in [1.54, 1.807) is 0 Å². The molecule has 20 heavy (non-hydrogen) atoms. The average molecular weight is 277 g/mol. The van der Waals surface area contributed by atoms with Gasteiger partial charge in [0.1, 0.15) is 5.75 Å². The highest BCUT2D eigenvalue weighted by molar-refractivity contribution is 5.29. The van der Waals surface area contributed by atoms with E-state index >= 15 is 0 Å². The van der Waals surface area contributed by atoms with Crippen LogP contribution in [0, 0.1) is 5.92 Å². The Kier molecular flexibility index (Phi) is 8.36. The molecular weight excluding hydrogens is 246 g/mol. The second kappa shape index (κ2) is 9.82. The summed E-state index contributed by atoms with van der Waals surface area (Å²) in [5, 5.41) is 3.69. The third-order valence-electron chi connectivity index (χ3n) is 3.65. The summed E-state index contributed by atoms with van der Waals surface area (Å²) >= 11 is 0. The first-order valence-electron chi connectivity index (χ1n) is 8.17. The average Bonchev–Trinajstić information content (AvgIpc) is 2.45. The third-order valence-corrected chi connectivity index (χ3v) is 3.65. The lowest BCUT2D eigenvalue weighted by Crippen LogP contribution is -2.24. The number of ether oxygens (including phenoxy) is 1. The fourth-order valence-corrected chi connectivity index (χ4v) is 2.63. The molecule has 0 aliphatic carbocycles. The van der Waals surface area contributed by atoms with Crippen molar-refractivity contribution in [2.45, 2.75) is 59.4 Å². The molecule has 0 heterocycles. The number of hydrogen-bond donors (Lipinski definition) is 1. The Hall–Kier alpha value is -1.02. The molecule has 0 radical (unpaired) electrons. The summed E-state index contributed by atoms with van der Waals surface area (Å²) in [6.07, 6.45) is 4.96. The van der Waals surface area contributed by atoms with Crippen LogP contribution in [-0.2, 0) is 0 Å². The summed E-state index contributed by atoms with van der Waals surface area (Å²) in [6, 6.07) is 9.05. The summed E-state index contributed by atoms with van der Waals surface area (Å²) in [4.78, 5) is 0. The molecule has 114 valence electrons. The molecule has 1 aromatic rings. The van der Waals surface area contributed by atoms with Crippen LogP contribution in [0.5, 0.6) is 5.75 Å². The van der Waals surface area contributed by atoms with Gasteiger partial charge in [-0.3, -0.25) is 0 Å². The normalized spacial score (nSPS) is 14.0. The van der Waals surface area contributed by atoms with E-state index < -0.39 is 0 Å². The zero-order valence-corrected chi connectivity index (χ0v) is 13.6. The second-order valence-corrected chi connectivity index (χ2v) is 5.64. The van der Waals surface area contributed by atoms with Gasteiger partial charge < -0.3 is 10.1 Å². The lowest BCUT2D eigenvalue weighted by Gasteiger charge is -2.23. The molecule has 0 aliphatic heterocycles. The summed E-state index contributed by atoms with van der Waals surface area (Å²) in [5.74, 6) is 1.73. The molecule has 0 saturated heterocycles. The van der Waals surface area contributed by atoms with E-state index in [-0.39, 0.29) is 0 Å². The fraction of sp³-hybridized carbons (Fsp3) is 0.667. The van der Waals surface area contributed by atoms with Crippen LogP contribution < -0.4 is 10.1 Å². The van der Waals surface area contributed by atoms with Crippen molar-refractivity contribution in [2.24, 2.45) is 5.92 Å². The topological polar surface area (TPSA) is 21.3 Å². The molecular formula is C18H31NO. The molecule has 1 aromatic carbocycles. The predicted octanol–water partition coefficient (Wildman–Crippen LogP) is 4.95. The second-order valence-electron chi connectivity index (χ2n) is 5.64. The zero-order chi connectivity index (χ0) is 14.8. The van der Waals surface area contributed by atoms with Crippen molar-refractivity contribution in [3.8, 4) is 5.75 Å². The van der Waals surface area contributed by atoms with Crippen LogP contribution in [0.1, 0.15) is 65.0 Å². The molecule has 0 fully saturated rings. The lowest BCUT2D eigenvalue weighted by atomic mass is 9.93. The van der Waals surface area contributed by atoms with E-state index in [1.807, 2.05) is 6.92 Å². The minimum absolute atomic E-state index is 0.465. The van der Waals surface area contributed by atoms with Gasteiger partial charge in [0.2, 0.25) is 0 Å². The number of hydrogen-bond acceptors (Lipinski definition) is 2. The Morgan fingerprint density at radius 3 is 2.30 bits per heavy atom. The van der Waals surface area contributed by atoms with E-state index in [1.165, 1.54) is 31.2 Å². The monoisotopic (exact) mass is 277 g/mol. The van der Waals surface area contributed by atoms with Gasteiger partial charge in [0, 0.05) is 6.04 Å². The van der Waals surface area contributed by atoms with Crippen LogP contribution in [0.15, 0.2) is 24.3 Å². The maximum absolute atomic E-state index is 5.52. The third kappa shape index (κ3) is 5.96. The molecule has 0 aromatic heterocycles. The zero-order valence-electron chi connectivity index (χ0n) is 13.6. The number of benzene rings is 1. The molecule has 0 spiro atoms. The molecule has 0 saturated carbocycles. The van der Waals surface area contributed by atoms with Gasteiger partial charge in [0.05, 0.1) is 6.61 Å². The van der Waals surface area contributed by atoms with Gasteiger partial charge in [-0.15, -0.1) is 0 Å². The van der Waals surface area contributed by atoms with E-state index in [0.717, 1.165) is 24.8 Å². The van der Waals surface area contributed by atoms with Crippen LogP contribution >= 0.6 is 0 Å². The van der Waals surface area contributed by atoms with Gasteiger partial charge in [-0.25, -0.2) is 0 Å². The quantitative estimate of drug-likeness (QED) is 0.653. The van der Waals surface area contributed by atoms with Crippen LogP contribution in [0.3, 0.4) is 0 Å². The van der Waals surface area contributed by atoms with Gasteiger partial charge in [-0.05, 0) is 49.9 Å². The van der Waals surface area contributed by atoms with Crippen molar-refractivity contribution in [3.05, 3.63) is 29.8 Å². The highest BCUT2D eigenvalue weighted by Crippen LogP contribution is 2.25. The molecule has 1 N–H and O–H groups in total. The molecule has 2 unspecified atom stereocenters. The Bertz CT molecular complexity index is 347. The maximum Gasteiger partial charge on any atom is 0.119 e. The van der Waals surface area contributed by atoms with Gasteiger partial charge in [-0.2, -0.15) is 0 Å².